The number of benzene rings is 1. The number of methoxy groups -OCH3 is 1. The van der Waals surface area contributed by atoms with Crippen LogP contribution in [-0.4, -0.2) is 59.9 Å². The molecule has 1 unspecified atom stereocenters. The Kier molecular flexibility index (Phi) is 12.8. The van der Waals surface area contributed by atoms with Crippen LogP contribution in [0.1, 0.15) is 63.0 Å². The first kappa shape index (κ1) is 29.2. The van der Waals surface area contributed by atoms with Gasteiger partial charge in [-0.05, 0) is 78.9 Å². The first-order valence-electron chi connectivity index (χ1n) is 13.5. The Morgan fingerprint density at radius 1 is 1.28 bits per heavy atom. The van der Waals surface area contributed by atoms with Crippen LogP contribution in [0.2, 0.25) is 0 Å². The number of carboxylic acids is 1. The van der Waals surface area contributed by atoms with Gasteiger partial charge in [0.25, 0.3) is 0 Å². The van der Waals surface area contributed by atoms with E-state index in [0.717, 1.165) is 62.2 Å². The minimum Gasteiger partial charge on any atom is -0.481 e. The summed E-state index contributed by atoms with van der Waals surface area (Å²) in [6, 6.07) is 8.47. The summed E-state index contributed by atoms with van der Waals surface area (Å²) in [5.74, 6) is 2.00. The van der Waals surface area contributed by atoms with Crippen LogP contribution in [0.4, 0.5) is 0 Å². The lowest BCUT2D eigenvalue weighted by molar-refractivity contribution is -0.178. The van der Waals surface area contributed by atoms with Crippen LogP contribution in [0.25, 0.3) is 0 Å². The third-order valence-electron chi connectivity index (χ3n) is 7.29. The van der Waals surface area contributed by atoms with E-state index in [1.165, 1.54) is 5.56 Å². The molecule has 3 rings (SSSR count). The molecule has 7 heteroatoms. The molecule has 6 atom stereocenters. The zero-order valence-corrected chi connectivity index (χ0v) is 22.7. The summed E-state index contributed by atoms with van der Waals surface area (Å²) in [7, 11) is 1.71. The minimum absolute atomic E-state index is 0.0955. The Morgan fingerprint density at radius 3 is 2.86 bits per heavy atom. The molecule has 2 N–H and O–H groups in total. The number of carboxylic acid groups (broad SMARTS) is 1. The van der Waals surface area contributed by atoms with E-state index in [2.05, 4.69) is 43.3 Å². The molecule has 0 amide bonds. The largest absolute Gasteiger partial charge is 0.481 e. The standard InChI is InChI=1S/C29H44O6S/c1-21-17-27(30)26(13-16-36-15-6-9-28(31)32)25(21)12-11-24(35-29-10-3-4-14-34-29)19-22-7-5-8-23(18-22)20-33-2/h5,7-8,11-12,18,21,24-27,29-30H,3-4,6,9-10,13-17,19-20H2,1-2H3,(H,31,32)/b12-11+/t21-,24-,25+,26-,27+,29?/m1/s1. The van der Waals surface area contributed by atoms with E-state index in [0.29, 0.717) is 24.9 Å². The van der Waals surface area contributed by atoms with Gasteiger partial charge in [-0.25, -0.2) is 0 Å². The molecule has 202 valence electrons. The van der Waals surface area contributed by atoms with Gasteiger partial charge in [0.15, 0.2) is 6.29 Å². The van der Waals surface area contributed by atoms with Crippen molar-refractivity contribution in [2.45, 2.75) is 83.4 Å². The van der Waals surface area contributed by atoms with Gasteiger partial charge in [-0.3, -0.25) is 4.79 Å². The van der Waals surface area contributed by atoms with Crippen molar-refractivity contribution in [3.05, 3.63) is 47.5 Å². The van der Waals surface area contributed by atoms with Gasteiger partial charge < -0.3 is 24.4 Å². The van der Waals surface area contributed by atoms with Crippen LogP contribution in [-0.2, 0) is 32.0 Å². The fraction of sp³-hybridized carbons (Fsp3) is 0.690. The molecule has 0 bridgehead atoms. The number of aliphatic hydroxyl groups is 1. The number of aliphatic carboxylic acids is 1. The summed E-state index contributed by atoms with van der Waals surface area (Å²) in [6.45, 7) is 3.57. The molecule has 0 spiro atoms. The highest BCUT2D eigenvalue weighted by Crippen LogP contribution is 2.41. The second-order valence-corrected chi connectivity index (χ2v) is 11.5. The van der Waals surface area contributed by atoms with Crippen molar-refractivity contribution in [2.75, 3.05) is 25.2 Å². The highest BCUT2D eigenvalue weighted by Gasteiger charge is 2.38. The molecule has 36 heavy (non-hydrogen) atoms. The maximum absolute atomic E-state index is 10.8. The Bertz CT molecular complexity index is 809. The van der Waals surface area contributed by atoms with Crippen molar-refractivity contribution in [3.8, 4) is 0 Å². The predicted octanol–water partition coefficient (Wildman–Crippen LogP) is 5.46. The van der Waals surface area contributed by atoms with Crippen molar-refractivity contribution in [3.63, 3.8) is 0 Å². The lowest BCUT2D eigenvalue weighted by atomic mass is 9.87. The highest BCUT2D eigenvalue weighted by molar-refractivity contribution is 7.99. The van der Waals surface area contributed by atoms with Crippen molar-refractivity contribution in [1.82, 2.24) is 0 Å². The van der Waals surface area contributed by atoms with Gasteiger partial charge in [-0.15, -0.1) is 0 Å². The second kappa shape index (κ2) is 15.8. The van der Waals surface area contributed by atoms with Gasteiger partial charge in [-0.1, -0.05) is 43.3 Å². The van der Waals surface area contributed by atoms with Gasteiger partial charge in [0.1, 0.15) is 0 Å². The van der Waals surface area contributed by atoms with E-state index in [1.54, 1.807) is 18.9 Å². The first-order valence-corrected chi connectivity index (χ1v) is 14.6. The van der Waals surface area contributed by atoms with E-state index in [1.807, 2.05) is 0 Å². The lowest BCUT2D eigenvalue weighted by Gasteiger charge is -2.27. The van der Waals surface area contributed by atoms with Crippen molar-refractivity contribution < 1.29 is 29.2 Å². The molecular formula is C29H44O6S. The maximum atomic E-state index is 10.8. The molecule has 1 aromatic rings. The molecular weight excluding hydrogens is 476 g/mol. The van der Waals surface area contributed by atoms with Crippen molar-refractivity contribution in [1.29, 1.82) is 0 Å². The van der Waals surface area contributed by atoms with Crippen LogP contribution in [0, 0.1) is 17.8 Å². The van der Waals surface area contributed by atoms with Crippen LogP contribution in [0.15, 0.2) is 36.4 Å². The average Bonchev–Trinajstić information content (AvgIpc) is 3.12. The molecule has 1 aliphatic carbocycles. The molecule has 2 aliphatic rings. The zero-order valence-electron chi connectivity index (χ0n) is 21.8. The summed E-state index contributed by atoms with van der Waals surface area (Å²) in [5.41, 5.74) is 2.36. The molecule has 2 fully saturated rings. The summed E-state index contributed by atoms with van der Waals surface area (Å²) < 4.78 is 17.6. The van der Waals surface area contributed by atoms with Crippen LogP contribution < -0.4 is 0 Å². The van der Waals surface area contributed by atoms with Crippen molar-refractivity contribution in [2.24, 2.45) is 17.8 Å². The number of thioether (sulfide) groups is 1. The molecule has 0 radical (unpaired) electrons. The summed E-state index contributed by atoms with van der Waals surface area (Å²) in [6.07, 6.45) is 10.5. The summed E-state index contributed by atoms with van der Waals surface area (Å²) in [5, 5.41) is 19.6. The van der Waals surface area contributed by atoms with Gasteiger partial charge in [-0.2, -0.15) is 11.8 Å². The minimum atomic E-state index is -0.735. The maximum Gasteiger partial charge on any atom is 0.303 e. The lowest BCUT2D eigenvalue weighted by Crippen LogP contribution is -2.28. The molecule has 1 aliphatic heterocycles. The first-order chi connectivity index (χ1) is 17.5. The van der Waals surface area contributed by atoms with E-state index < -0.39 is 5.97 Å². The van der Waals surface area contributed by atoms with Gasteiger partial charge in [0.2, 0.25) is 0 Å². The van der Waals surface area contributed by atoms with Gasteiger partial charge in [0, 0.05) is 26.6 Å². The molecule has 1 aromatic carbocycles. The zero-order chi connectivity index (χ0) is 25.8. The molecule has 0 aromatic heterocycles. The number of hydrogen-bond acceptors (Lipinski definition) is 6. The normalized spacial score (nSPS) is 27.5. The fourth-order valence-corrected chi connectivity index (χ4v) is 6.42. The third-order valence-corrected chi connectivity index (χ3v) is 8.39. The monoisotopic (exact) mass is 520 g/mol. The number of hydrogen-bond donors (Lipinski definition) is 2. The second-order valence-electron chi connectivity index (χ2n) is 10.2. The summed E-state index contributed by atoms with van der Waals surface area (Å²) >= 11 is 1.79. The average molecular weight is 521 g/mol. The molecule has 1 saturated carbocycles. The Morgan fingerprint density at radius 2 is 2.11 bits per heavy atom. The number of rotatable bonds is 15. The number of ether oxygens (including phenoxy) is 3. The van der Waals surface area contributed by atoms with Crippen LogP contribution >= 0.6 is 11.8 Å². The Labute approximate surface area is 220 Å². The number of aliphatic hydroxyl groups excluding tert-OH is 1. The Balaban J connectivity index is 1.63. The SMILES string of the molecule is COCc1cccc(C[C@@H](/C=C/[C@@H]2[C@@H](CCSCCCC(=O)O)[C@@H](O)C[C@H]2C)OC2CCCCO2)c1. The predicted molar refractivity (Wildman–Crippen MR) is 144 cm³/mol. The van der Waals surface area contributed by atoms with E-state index in [-0.39, 0.29) is 30.8 Å². The van der Waals surface area contributed by atoms with E-state index >= 15 is 0 Å². The highest BCUT2D eigenvalue weighted by atomic mass is 32.2. The molecule has 6 nitrogen and oxygen atoms in total. The third kappa shape index (κ3) is 9.82. The molecule has 1 heterocycles. The molecule has 1 saturated heterocycles. The topological polar surface area (TPSA) is 85.2 Å². The fourth-order valence-electron chi connectivity index (χ4n) is 5.43. The van der Waals surface area contributed by atoms with Crippen molar-refractivity contribution >= 4 is 17.7 Å². The van der Waals surface area contributed by atoms with Gasteiger partial charge >= 0.3 is 5.97 Å². The van der Waals surface area contributed by atoms with Crippen LogP contribution in [0.3, 0.4) is 0 Å². The van der Waals surface area contributed by atoms with Crippen LogP contribution in [0.5, 0.6) is 0 Å². The Hall–Kier alpha value is -1.38. The smallest absolute Gasteiger partial charge is 0.303 e. The number of allylic oxidation sites excluding steroid dienone is 1. The number of carbonyl (C=O) groups is 1. The van der Waals surface area contributed by atoms with Gasteiger partial charge in [0.05, 0.1) is 18.8 Å². The summed E-state index contributed by atoms with van der Waals surface area (Å²) in [4.78, 5) is 10.7. The van der Waals surface area contributed by atoms with E-state index in [9.17, 15) is 9.90 Å². The van der Waals surface area contributed by atoms with E-state index in [4.69, 9.17) is 19.3 Å². The quantitative estimate of drug-likeness (QED) is 0.234.